The number of benzene rings is 6. The Bertz CT molecular complexity index is 1590. The van der Waals surface area contributed by atoms with Crippen LogP contribution in [0, 0.1) is 0 Å². The molecule has 0 aromatic heterocycles. The van der Waals surface area contributed by atoms with Crippen LogP contribution in [0.3, 0.4) is 0 Å². The number of rotatable bonds is 9. The topological polar surface area (TPSA) is 78.1 Å². The minimum Gasteiger partial charge on any atom is -0.399 e. The van der Waals surface area contributed by atoms with E-state index in [4.69, 9.17) is 17.2 Å². The summed E-state index contributed by atoms with van der Waals surface area (Å²) in [5.74, 6) is 0.0416. The standard InChI is InChI=1S/C40H37N3/c41-34-19-13-28(14-20-34)25-31-7-1-4-10-37(31)40(38-11-5-2-8-32(38)26-29-15-21-35(42)22-16-29)39-12-6-3-9-33(39)27-30-17-23-36(43)24-18-30/h1-24,40H,25-27,41-43H2. The molecule has 0 spiro atoms. The molecule has 0 heterocycles. The number of anilines is 3. The molecule has 6 aromatic rings. The summed E-state index contributed by atoms with van der Waals surface area (Å²) >= 11 is 0. The molecule has 0 aliphatic heterocycles. The maximum Gasteiger partial charge on any atom is 0.0348 e. The van der Waals surface area contributed by atoms with E-state index in [0.29, 0.717) is 0 Å². The third-order valence-electron chi connectivity index (χ3n) is 8.22. The average molecular weight is 560 g/mol. The van der Waals surface area contributed by atoms with Crippen molar-refractivity contribution in [2.75, 3.05) is 17.2 Å². The number of nitrogens with two attached hydrogens (primary N) is 3. The minimum absolute atomic E-state index is 0.0416. The Morgan fingerprint density at radius 2 is 0.581 bits per heavy atom. The first-order valence-electron chi connectivity index (χ1n) is 14.8. The molecule has 43 heavy (non-hydrogen) atoms. The van der Waals surface area contributed by atoms with Crippen LogP contribution in [0.5, 0.6) is 0 Å². The largest absolute Gasteiger partial charge is 0.399 e. The summed E-state index contributed by atoms with van der Waals surface area (Å²) in [6, 6.07) is 51.3. The molecule has 0 unspecified atom stereocenters. The SMILES string of the molecule is Nc1ccc(Cc2ccccc2C(c2ccccc2Cc2ccc(N)cc2)c2ccccc2Cc2ccc(N)cc2)cc1. The zero-order valence-corrected chi connectivity index (χ0v) is 24.3. The van der Waals surface area contributed by atoms with Gasteiger partial charge in [0.2, 0.25) is 0 Å². The lowest BCUT2D eigenvalue weighted by atomic mass is 9.77. The summed E-state index contributed by atoms with van der Waals surface area (Å²) in [5, 5.41) is 0. The fourth-order valence-electron chi connectivity index (χ4n) is 6.00. The Balaban J connectivity index is 1.50. The molecule has 0 amide bonds. The third kappa shape index (κ3) is 6.63. The van der Waals surface area contributed by atoms with Gasteiger partial charge in [-0.15, -0.1) is 0 Å². The van der Waals surface area contributed by atoms with Crippen molar-refractivity contribution in [3.8, 4) is 0 Å². The van der Waals surface area contributed by atoms with Crippen molar-refractivity contribution in [2.45, 2.75) is 25.2 Å². The van der Waals surface area contributed by atoms with E-state index >= 15 is 0 Å². The van der Waals surface area contributed by atoms with Crippen LogP contribution >= 0.6 is 0 Å². The molecular weight excluding hydrogens is 522 g/mol. The summed E-state index contributed by atoms with van der Waals surface area (Å²) < 4.78 is 0. The first-order chi connectivity index (χ1) is 21.0. The van der Waals surface area contributed by atoms with Gasteiger partial charge in [0, 0.05) is 23.0 Å². The molecule has 0 bridgehead atoms. The average Bonchev–Trinajstić information content (AvgIpc) is 3.03. The molecule has 6 N–H and O–H groups in total. The quantitative estimate of drug-likeness (QED) is 0.123. The van der Waals surface area contributed by atoms with Crippen LogP contribution in [0.25, 0.3) is 0 Å². The van der Waals surface area contributed by atoms with Gasteiger partial charge in [-0.1, -0.05) is 109 Å². The van der Waals surface area contributed by atoms with E-state index in [0.717, 1.165) is 36.3 Å². The second kappa shape index (κ2) is 12.7. The highest BCUT2D eigenvalue weighted by Gasteiger charge is 2.24. The van der Waals surface area contributed by atoms with Crippen molar-refractivity contribution in [3.05, 3.63) is 196 Å². The van der Waals surface area contributed by atoms with Crippen LogP contribution in [0.4, 0.5) is 17.1 Å². The number of hydrogen-bond acceptors (Lipinski definition) is 3. The Morgan fingerprint density at radius 3 is 0.860 bits per heavy atom. The zero-order chi connectivity index (χ0) is 29.6. The highest BCUT2D eigenvalue weighted by Crippen LogP contribution is 2.39. The van der Waals surface area contributed by atoms with Crippen LogP contribution in [0.1, 0.15) is 56.0 Å². The summed E-state index contributed by atoms with van der Waals surface area (Å²) in [5.41, 5.74) is 32.0. The highest BCUT2D eigenvalue weighted by molar-refractivity contribution is 5.54. The molecule has 0 aliphatic carbocycles. The first-order valence-corrected chi connectivity index (χ1v) is 14.8. The molecule has 6 aromatic carbocycles. The molecule has 0 fully saturated rings. The fraction of sp³-hybridized carbons (Fsp3) is 0.100. The second-order valence-electron chi connectivity index (χ2n) is 11.3. The van der Waals surface area contributed by atoms with Gasteiger partial charge in [-0.25, -0.2) is 0 Å². The predicted molar refractivity (Wildman–Crippen MR) is 181 cm³/mol. The van der Waals surface area contributed by atoms with Crippen molar-refractivity contribution >= 4 is 17.1 Å². The van der Waals surface area contributed by atoms with Crippen LogP contribution in [-0.2, 0) is 19.3 Å². The van der Waals surface area contributed by atoms with Gasteiger partial charge in [0.05, 0.1) is 0 Å². The number of hydrogen-bond donors (Lipinski definition) is 3. The molecule has 0 saturated heterocycles. The third-order valence-corrected chi connectivity index (χ3v) is 8.22. The van der Waals surface area contributed by atoms with E-state index in [1.165, 1.54) is 50.1 Å². The predicted octanol–water partition coefficient (Wildman–Crippen LogP) is 8.39. The maximum atomic E-state index is 6.01. The Morgan fingerprint density at radius 1 is 0.326 bits per heavy atom. The van der Waals surface area contributed by atoms with Gasteiger partial charge in [-0.2, -0.15) is 0 Å². The summed E-state index contributed by atoms with van der Waals surface area (Å²) in [6.07, 6.45) is 2.48. The van der Waals surface area contributed by atoms with E-state index in [-0.39, 0.29) is 5.92 Å². The summed E-state index contributed by atoms with van der Waals surface area (Å²) in [6.45, 7) is 0. The van der Waals surface area contributed by atoms with Crippen LogP contribution in [0.2, 0.25) is 0 Å². The van der Waals surface area contributed by atoms with Crippen molar-refractivity contribution in [3.63, 3.8) is 0 Å². The molecule has 0 atom stereocenters. The van der Waals surface area contributed by atoms with Gasteiger partial charge < -0.3 is 17.2 Å². The van der Waals surface area contributed by atoms with E-state index in [9.17, 15) is 0 Å². The van der Waals surface area contributed by atoms with Crippen molar-refractivity contribution < 1.29 is 0 Å². The summed E-state index contributed by atoms with van der Waals surface area (Å²) in [4.78, 5) is 0. The molecular formula is C40H37N3. The Kier molecular flexibility index (Phi) is 8.24. The molecule has 0 saturated carbocycles. The van der Waals surface area contributed by atoms with E-state index in [2.05, 4.69) is 109 Å². The molecule has 0 aliphatic rings. The molecule has 3 heteroatoms. The maximum absolute atomic E-state index is 6.01. The van der Waals surface area contributed by atoms with E-state index in [1.807, 2.05) is 36.4 Å². The van der Waals surface area contributed by atoms with Crippen LogP contribution in [-0.4, -0.2) is 0 Å². The van der Waals surface area contributed by atoms with Gasteiger partial charge in [0.1, 0.15) is 0 Å². The van der Waals surface area contributed by atoms with Crippen LogP contribution in [0.15, 0.2) is 146 Å². The normalized spacial score (nSPS) is 11.1. The van der Waals surface area contributed by atoms with Crippen molar-refractivity contribution in [1.82, 2.24) is 0 Å². The Labute approximate surface area is 254 Å². The van der Waals surface area contributed by atoms with Crippen LogP contribution < -0.4 is 17.2 Å². The molecule has 0 radical (unpaired) electrons. The van der Waals surface area contributed by atoms with Crippen molar-refractivity contribution in [2.24, 2.45) is 0 Å². The van der Waals surface area contributed by atoms with Crippen molar-refractivity contribution in [1.29, 1.82) is 0 Å². The monoisotopic (exact) mass is 559 g/mol. The summed E-state index contributed by atoms with van der Waals surface area (Å²) in [7, 11) is 0. The van der Waals surface area contributed by atoms with Gasteiger partial charge in [-0.3, -0.25) is 0 Å². The zero-order valence-electron chi connectivity index (χ0n) is 24.3. The van der Waals surface area contributed by atoms with Gasteiger partial charge in [0.15, 0.2) is 0 Å². The molecule has 6 rings (SSSR count). The number of nitrogen functional groups attached to an aromatic ring is 3. The van der Waals surface area contributed by atoms with E-state index < -0.39 is 0 Å². The lowest BCUT2D eigenvalue weighted by Crippen LogP contribution is -2.12. The minimum atomic E-state index is 0.0416. The van der Waals surface area contributed by atoms with Gasteiger partial charge >= 0.3 is 0 Å². The van der Waals surface area contributed by atoms with E-state index in [1.54, 1.807) is 0 Å². The van der Waals surface area contributed by atoms with Gasteiger partial charge in [0.25, 0.3) is 0 Å². The highest BCUT2D eigenvalue weighted by atomic mass is 14.5. The smallest absolute Gasteiger partial charge is 0.0348 e. The fourth-order valence-corrected chi connectivity index (χ4v) is 6.00. The molecule has 212 valence electrons. The van der Waals surface area contributed by atoms with Gasteiger partial charge in [-0.05, 0) is 106 Å². The first kappa shape index (κ1) is 27.9. The lowest BCUT2D eigenvalue weighted by molar-refractivity contribution is 0.905. The Hall–Kier alpha value is -5.28. The molecule has 3 nitrogen and oxygen atoms in total. The second-order valence-corrected chi connectivity index (χ2v) is 11.3. The lowest BCUT2D eigenvalue weighted by Gasteiger charge is -2.27.